The lowest BCUT2D eigenvalue weighted by Crippen LogP contribution is -2.24. The molecule has 0 saturated heterocycles. The quantitative estimate of drug-likeness (QED) is 0.580. The van der Waals surface area contributed by atoms with Gasteiger partial charge in [-0.25, -0.2) is 0 Å². The normalized spacial score (nSPS) is 16.0. The van der Waals surface area contributed by atoms with E-state index in [1.807, 2.05) is 24.3 Å². The third kappa shape index (κ3) is 6.46. The van der Waals surface area contributed by atoms with Gasteiger partial charge in [0.15, 0.2) is 11.5 Å². The first-order valence-corrected chi connectivity index (χ1v) is 11.4. The number of carbonyl (C=O) groups excluding carboxylic acids is 1. The average Bonchev–Trinajstić information content (AvgIpc) is 2.74. The summed E-state index contributed by atoms with van der Waals surface area (Å²) in [4.78, 5) is 12.3. The number of phenols is 2. The summed E-state index contributed by atoms with van der Waals surface area (Å²) in [6.07, 6.45) is 7.79. The van der Waals surface area contributed by atoms with Crippen molar-refractivity contribution in [1.29, 1.82) is 0 Å². The minimum Gasteiger partial charge on any atom is -0.504 e. The summed E-state index contributed by atoms with van der Waals surface area (Å²) in [7, 11) is -1.15. The Bertz CT molecular complexity index is 886. The van der Waals surface area contributed by atoms with Crippen LogP contribution in [0.5, 0.6) is 11.5 Å². The van der Waals surface area contributed by atoms with E-state index < -0.39 is 10.8 Å². The Kier molecular flexibility index (Phi) is 7.47. The summed E-state index contributed by atoms with van der Waals surface area (Å²) in [5, 5.41) is 23.4. The van der Waals surface area contributed by atoms with Crippen LogP contribution in [-0.4, -0.2) is 26.1 Å². The molecule has 29 heavy (non-hydrogen) atoms. The molecule has 1 amide bonds. The highest BCUT2D eigenvalue weighted by atomic mass is 32.2. The second-order valence-electron chi connectivity index (χ2n) is 7.41. The molecule has 0 radical (unpaired) electrons. The number of aromatic hydroxyl groups is 2. The zero-order chi connectivity index (χ0) is 20.6. The Labute approximate surface area is 173 Å². The van der Waals surface area contributed by atoms with Crippen LogP contribution in [0, 0.1) is 5.92 Å². The molecule has 1 atom stereocenters. The van der Waals surface area contributed by atoms with Gasteiger partial charge in [0.1, 0.15) is 0 Å². The van der Waals surface area contributed by atoms with Gasteiger partial charge in [-0.1, -0.05) is 37.5 Å². The van der Waals surface area contributed by atoms with Gasteiger partial charge in [0.25, 0.3) is 0 Å². The molecule has 2 aromatic carbocycles. The van der Waals surface area contributed by atoms with E-state index in [0.29, 0.717) is 17.7 Å². The van der Waals surface area contributed by atoms with Gasteiger partial charge in [-0.05, 0) is 60.7 Å². The fourth-order valence-corrected chi connectivity index (χ4v) is 4.33. The molecule has 0 heterocycles. The molecule has 0 aromatic heterocycles. The van der Waals surface area contributed by atoms with Crippen LogP contribution in [0.4, 0.5) is 5.69 Å². The van der Waals surface area contributed by atoms with Crippen LogP contribution >= 0.6 is 0 Å². The highest BCUT2D eigenvalue weighted by Crippen LogP contribution is 2.26. The summed E-state index contributed by atoms with van der Waals surface area (Å²) in [6, 6.07) is 12.2. The maximum absolute atomic E-state index is 12.3. The van der Waals surface area contributed by atoms with Crippen LogP contribution in [0.2, 0.25) is 0 Å². The Morgan fingerprint density at radius 3 is 2.45 bits per heavy atom. The fraction of sp³-hybridized carbons (Fsp3) is 0.348. The van der Waals surface area contributed by atoms with Crippen molar-refractivity contribution in [2.75, 3.05) is 11.1 Å². The summed E-state index contributed by atoms with van der Waals surface area (Å²) >= 11 is 0. The Morgan fingerprint density at radius 1 is 1.03 bits per heavy atom. The fourth-order valence-electron chi connectivity index (χ4n) is 3.45. The molecular formula is C23H27NO4S. The van der Waals surface area contributed by atoms with E-state index in [1.165, 1.54) is 18.6 Å². The highest BCUT2D eigenvalue weighted by Gasteiger charge is 2.20. The van der Waals surface area contributed by atoms with Crippen LogP contribution in [0.1, 0.15) is 43.2 Å². The lowest BCUT2D eigenvalue weighted by molar-refractivity contribution is -0.120. The van der Waals surface area contributed by atoms with Crippen molar-refractivity contribution >= 4 is 28.5 Å². The molecule has 1 unspecified atom stereocenters. The van der Waals surface area contributed by atoms with Crippen LogP contribution < -0.4 is 5.32 Å². The molecule has 0 aliphatic heterocycles. The predicted octanol–water partition coefficient (Wildman–Crippen LogP) is 4.58. The van der Waals surface area contributed by atoms with Gasteiger partial charge in [-0.3, -0.25) is 9.00 Å². The largest absolute Gasteiger partial charge is 0.504 e. The van der Waals surface area contributed by atoms with Gasteiger partial charge in [-0.2, -0.15) is 0 Å². The minimum absolute atomic E-state index is 0.115. The molecule has 1 saturated carbocycles. The summed E-state index contributed by atoms with van der Waals surface area (Å²) < 4.78 is 12.2. The molecule has 3 rings (SSSR count). The lowest BCUT2D eigenvalue weighted by Gasteiger charge is -2.20. The van der Waals surface area contributed by atoms with E-state index in [2.05, 4.69) is 5.32 Å². The summed E-state index contributed by atoms with van der Waals surface area (Å²) in [5.41, 5.74) is 2.54. The van der Waals surface area contributed by atoms with E-state index in [4.69, 9.17) is 0 Å². The van der Waals surface area contributed by atoms with Crippen molar-refractivity contribution in [2.24, 2.45) is 5.92 Å². The number of aryl methyl sites for hydroxylation is 1. The molecule has 5 nitrogen and oxygen atoms in total. The number of amides is 1. The number of carbonyl (C=O) groups is 1. The number of rotatable bonds is 7. The SMILES string of the molecule is O=C(Nc1ccc(CCS(=O)/C=C/c2ccc(O)c(O)c2)cc1)C1CCCCC1. The number of hydrogen-bond donors (Lipinski definition) is 3. The molecule has 3 N–H and O–H groups in total. The Morgan fingerprint density at radius 2 is 1.76 bits per heavy atom. The molecule has 154 valence electrons. The number of phenolic OH excluding ortho intramolecular Hbond substituents is 2. The molecule has 0 bridgehead atoms. The van der Waals surface area contributed by atoms with Gasteiger partial charge < -0.3 is 15.5 Å². The molecule has 1 aliphatic carbocycles. The van der Waals surface area contributed by atoms with E-state index >= 15 is 0 Å². The van der Waals surface area contributed by atoms with E-state index in [-0.39, 0.29) is 23.3 Å². The molecule has 1 aliphatic rings. The van der Waals surface area contributed by atoms with Gasteiger partial charge in [0, 0.05) is 33.6 Å². The van der Waals surface area contributed by atoms with E-state index in [0.717, 1.165) is 36.9 Å². The number of hydrogen-bond acceptors (Lipinski definition) is 4. The van der Waals surface area contributed by atoms with Crippen LogP contribution in [0.25, 0.3) is 6.08 Å². The van der Waals surface area contributed by atoms with Crippen LogP contribution in [0.3, 0.4) is 0 Å². The van der Waals surface area contributed by atoms with Crippen molar-refractivity contribution in [1.82, 2.24) is 0 Å². The molecule has 2 aromatic rings. The third-order valence-corrected chi connectivity index (χ3v) is 6.25. The van der Waals surface area contributed by atoms with E-state index in [1.54, 1.807) is 17.6 Å². The first kappa shape index (κ1) is 21.1. The van der Waals surface area contributed by atoms with Crippen molar-refractivity contribution in [3.8, 4) is 11.5 Å². The summed E-state index contributed by atoms with van der Waals surface area (Å²) in [6.45, 7) is 0. The molecule has 6 heteroatoms. The zero-order valence-corrected chi connectivity index (χ0v) is 17.2. The lowest BCUT2D eigenvalue weighted by atomic mass is 9.88. The molecule has 1 fully saturated rings. The number of nitrogens with one attached hydrogen (secondary N) is 1. The minimum atomic E-state index is -1.15. The second kappa shape index (κ2) is 10.3. The maximum Gasteiger partial charge on any atom is 0.227 e. The topological polar surface area (TPSA) is 86.6 Å². The number of anilines is 1. The van der Waals surface area contributed by atoms with Crippen molar-refractivity contribution in [3.63, 3.8) is 0 Å². The van der Waals surface area contributed by atoms with Crippen molar-refractivity contribution in [3.05, 3.63) is 59.0 Å². The first-order valence-electron chi connectivity index (χ1n) is 9.98. The summed E-state index contributed by atoms with van der Waals surface area (Å²) in [5.74, 6) is 0.348. The maximum atomic E-state index is 12.3. The highest BCUT2D eigenvalue weighted by molar-refractivity contribution is 7.88. The number of benzene rings is 2. The molecular weight excluding hydrogens is 386 g/mol. The van der Waals surface area contributed by atoms with Gasteiger partial charge >= 0.3 is 0 Å². The zero-order valence-electron chi connectivity index (χ0n) is 16.3. The average molecular weight is 414 g/mol. The standard InChI is InChI=1S/C23H27NO4S/c25-21-11-8-18(16-22(21)26)13-15-29(28)14-12-17-6-9-20(10-7-17)24-23(27)19-4-2-1-3-5-19/h6-11,13,15-16,19,25-26H,1-5,12,14H2,(H,24,27)/b15-13+. The monoisotopic (exact) mass is 413 g/mol. The van der Waals surface area contributed by atoms with E-state index in [9.17, 15) is 19.2 Å². The Balaban J connectivity index is 1.46. The third-order valence-electron chi connectivity index (χ3n) is 5.20. The van der Waals surface area contributed by atoms with Crippen molar-refractivity contribution in [2.45, 2.75) is 38.5 Å². The van der Waals surface area contributed by atoms with Crippen LogP contribution in [-0.2, 0) is 22.0 Å². The van der Waals surface area contributed by atoms with Crippen LogP contribution in [0.15, 0.2) is 47.9 Å². The first-order chi connectivity index (χ1) is 14.0. The smallest absolute Gasteiger partial charge is 0.227 e. The second-order valence-corrected chi connectivity index (χ2v) is 8.85. The predicted molar refractivity (Wildman–Crippen MR) is 117 cm³/mol. The van der Waals surface area contributed by atoms with Gasteiger partial charge in [0.2, 0.25) is 5.91 Å². The van der Waals surface area contributed by atoms with Gasteiger partial charge in [0.05, 0.1) is 0 Å². The van der Waals surface area contributed by atoms with Crippen molar-refractivity contribution < 1.29 is 19.2 Å². The molecule has 0 spiro atoms. The Hall–Kier alpha value is -2.60. The van der Waals surface area contributed by atoms with Gasteiger partial charge in [-0.15, -0.1) is 0 Å².